The van der Waals surface area contributed by atoms with E-state index >= 15 is 0 Å². The monoisotopic (exact) mass is 367 g/mol. The Labute approximate surface area is 154 Å². The van der Waals surface area contributed by atoms with Crippen molar-refractivity contribution in [2.45, 2.75) is 12.0 Å². The van der Waals surface area contributed by atoms with Crippen molar-refractivity contribution >= 4 is 34.1 Å². The summed E-state index contributed by atoms with van der Waals surface area (Å²) in [5.41, 5.74) is 0.263. The van der Waals surface area contributed by atoms with Crippen molar-refractivity contribution in [1.82, 2.24) is 15.1 Å². The van der Waals surface area contributed by atoms with Gasteiger partial charge < -0.3 is 20.0 Å². The largest absolute Gasteiger partial charge is 0.360 e. The maximum Gasteiger partial charge on any atom is 0.193 e. The Morgan fingerprint density at radius 1 is 1.33 bits per heavy atom. The van der Waals surface area contributed by atoms with E-state index in [0.29, 0.717) is 0 Å². The molecule has 1 unspecified atom stereocenters. The smallest absolute Gasteiger partial charge is 0.193 e. The fourth-order valence-electron chi connectivity index (χ4n) is 3.41. The van der Waals surface area contributed by atoms with Crippen LogP contribution in [-0.4, -0.2) is 86.7 Å². The van der Waals surface area contributed by atoms with Crippen molar-refractivity contribution in [3.05, 3.63) is 17.5 Å². The van der Waals surface area contributed by atoms with Crippen LogP contribution in [0.1, 0.15) is 6.42 Å². The zero-order valence-corrected chi connectivity index (χ0v) is 16.6. The molecule has 0 bridgehead atoms. The van der Waals surface area contributed by atoms with Crippen molar-refractivity contribution in [2.75, 3.05) is 70.3 Å². The number of hydrogen-bond donors (Lipinski definition) is 1. The number of anilines is 1. The van der Waals surface area contributed by atoms with Crippen LogP contribution >= 0.6 is 23.1 Å². The molecule has 0 aliphatic carbocycles. The summed E-state index contributed by atoms with van der Waals surface area (Å²) in [4.78, 5) is 11.8. The number of nitrogens with zero attached hydrogens (tertiary/aromatic N) is 4. The van der Waals surface area contributed by atoms with E-state index in [9.17, 15) is 0 Å². The molecule has 134 valence electrons. The van der Waals surface area contributed by atoms with Crippen LogP contribution in [0.4, 0.5) is 5.00 Å². The van der Waals surface area contributed by atoms with Crippen molar-refractivity contribution < 1.29 is 0 Å². The van der Waals surface area contributed by atoms with Gasteiger partial charge in [-0.05, 0) is 43.8 Å². The second-order valence-electron chi connectivity index (χ2n) is 6.75. The number of rotatable bonds is 4. The Bertz CT molecular complexity index is 529. The van der Waals surface area contributed by atoms with E-state index in [1.165, 1.54) is 22.9 Å². The minimum Gasteiger partial charge on any atom is -0.360 e. The second kappa shape index (κ2) is 7.97. The quantitative estimate of drug-likeness (QED) is 0.649. The third kappa shape index (κ3) is 3.83. The summed E-state index contributed by atoms with van der Waals surface area (Å²) < 4.78 is 0. The number of likely N-dealkylation sites (N-methyl/N-ethyl adjacent to an activating group) is 1. The number of thioether (sulfide) groups is 1. The highest BCUT2D eigenvalue weighted by atomic mass is 32.2. The average molecular weight is 368 g/mol. The molecule has 2 aliphatic rings. The molecule has 2 aliphatic heterocycles. The number of thiophene rings is 1. The number of nitrogens with one attached hydrogen (secondary N) is 1. The summed E-state index contributed by atoms with van der Waals surface area (Å²) in [6, 6.07) is 4.35. The highest BCUT2D eigenvalue weighted by molar-refractivity contribution is 7.99. The SMILES string of the molecule is CN=C(NCC1(N(C)C)CCSC1)N1CCN(c2cccs2)CC1. The predicted octanol–water partition coefficient (Wildman–Crippen LogP) is 1.88. The van der Waals surface area contributed by atoms with Crippen LogP contribution in [0.5, 0.6) is 0 Å². The molecule has 24 heavy (non-hydrogen) atoms. The number of hydrogen-bond acceptors (Lipinski definition) is 5. The maximum atomic E-state index is 4.54. The van der Waals surface area contributed by atoms with E-state index in [1.54, 1.807) is 0 Å². The highest BCUT2D eigenvalue weighted by Crippen LogP contribution is 2.31. The Morgan fingerprint density at radius 3 is 2.67 bits per heavy atom. The Morgan fingerprint density at radius 2 is 2.12 bits per heavy atom. The van der Waals surface area contributed by atoms with Crippen LogP contribution in [0.25, 0.3) is 0 Å². The van der Waals surface area contributed by atoms with Crippen LogP contribution in [0.3, 0.4) is 0 Å². The lowest BCUT2D eigenvalue weighted by Crippen LogP contribution is -2.57. The van der Waals surface area contributed by atoms with Gasteiger partial charge in [-0.3, -0.25) is 4.99 Å². The first kappa shape index (κ1) is 17.9. The summed E-state index contributed by atoms with van der Waals surface area (Å²) >= 11 is 3.89. The first-order valence-corrected chi connectivity index (χ1v) is 10.7. The molecule has 3 rings (SSSR count). The van der Waals surface area contributed by atoms with Gasteiger partial charge in [-0.1, -0.05) is 0 Å². The van der Waals surface area contributed by atoms with Crippen molar-refractivity contribution in [1.29, 1.82) is 0 Å². The average Bonchev–Trinajstić information content (AvgIpc) is 3.28. The van der Waals surface area contributed by atoms with Crippen molar-refractivity contribution in [3.8, 4) is 0 Å². The van der Waals surface area contributed by atoms with Crippen LogP contribution in [0.2, 0.25) is 0 Å². The fourth-order valence-corrected chi connectivity index (χ4v) is 5.75. The Kier molecular flexibility index (Phi) is 5.94. The van der Waals surface area contributed by atoms with E-state index in [1.807, 2.05) is 18.4 Å². The molecule has 3 heterocycles. The van der Waals surface area contributed by atoms with Gasteiger partial charge in [-0.15, -0.1) is 11.3 Å². The Balaban J connectivity index is 1.54. The van der Waals surface area contributed by atoms with E-state index < -0.39 is 0 Å². The molecule has 0 radical (unpaired) electrons. The first-order valence-electron chi connectivity index (χ1n) is 8.64. The minimum absolute atomic E-state index is 0.263. The molecule has 1 aromatic heterocycles. The second-order valence-corrected chi connectivity index (χ2v) is 8.78. The van der Waals surface area contributed by atoms with Gasteiger partial charge in [0.25, 0.3) is 0 Å². The third-order valence-electron chi connectivity index (χ3n) is 5.22. The molecule has 1 N–H and O–H groups in total. The van der Waals surface area contributed by atoms with Gasteiger partial charge in [0.1, 0.15) is 0 Å². The fraction of sp³-hybridized carbons (Fsp3) is 0.706. The summed E-state index contributed by atoms with van der Waals surface area (Å²) in [6.07, 6.45) is 1.25. The maximum absolute atomic E-state index is 4.54. The van der Waals surface area contributed by atoms with E-state index in [-0.39, 0.29) is 5.54 Å². The molecule has 5 nitrogen and oxygen atoms in total. The zero-order valence-electron chi connectivity index (χ0n) is 15.0. The van der Waals surface area contributed by atoms with Crippen LogP contribution in [-0.2, 0) is 0 Å². The van der Waals surface area contributed by atoms with Gasteiger partial charge in [0.2, 0.25) is 0 Å². The standard InChI is InChI=1S/C17H29N5S2/c1-18-16(19-13-17(20(2)3)6-12-23-14-17)22-9-7-21(8-10-22)15-5-4-11-24-15/h4-5,11H,6-10,12-14H2,1-3H3,(H,18,19). The topological polar surface area (TPSA) is 34.1 Å². The summed E-state index contributed by atoms with van der Waals surface area (Å²) in [5, 5.41) is 7.19. The summed E-state index contributed by atoms with van der Waals surface area (Å²) in [5.74, 6) is 3.52. The van der Waals surface area contributed by atoms with Gasteiger partial charge in [0.15, 0.2) is 5.96 Å². The van der Waals surface area contributed by atoms with Crippen LogP contribution < -0.4 is 10.2 Å². The lowest BCUT2D eigenvalue weighted by atomic mass is 9.97. The van der Waals surface area contributed by atoms with Gasteiger partial charge in [-0.25, -0.2) is 0 Å². The molecule has 2 fully saturated rings. The van der Waals surface area contributed by atoms with Gasteiger partial charge in [0, 0.05) is 51.1 Å². The van der Waals surface area contributed by atoms with Crippen molar-refractivity contribution in [2.24, 2.45) is 4.99 Å². The summed E-state index contributed by atoms with van der Waals surface area (Å²) in [6.45, 7) is 5.17. The van der Waals surface area contributed by atoms with Gasteiger partial charge in [0.05, 0.1) is 5.00 Å². The molecule has 0 aromatic carbocycles. The number of piperazine rings is 1. The first-order chi connectivity index (χ1) is 11.6. The molecule has 1 aromatic rings. The van der Waals surface area contributed by atoms with Crippen LogP contribution in [0.15, 0.2) is 22.5 Å². The molecule has 0 spiro atoms. The molecule has 7 heteroatoms. The highest BCUT2D eigenvalue weighted by Gasteiger charge is 2.37. The molecule has 1 atom stereocenters. The van der Waals surface area contributed by atoms with Crippen molar-refractivity contribution in [3.63, 3.8) is 0 Å². The number of aliphatic imine (C=N–C) groups is 1. The normalized spacial score (nSPS) is 25.6. The molecule has 0 saturated carbocycles. The molecular formula is C17H29N5S2. The third-order valence-corrected chi connectivity index (χ3v) is 7.38. The van der Waals surface area contributed by atoms with E-state index in [2.05, 4.69) is 68.4 Å². The molecule has 2 saturated heterocycles. The van der Waals surface area contributed by atoms with Crippen LogP contribution in [0, 0.1) is 0 Å². The van der Waals surface area contributed by atoms with Gasteiger partial charge in [-0.2, -0.15) is 11.8 Å². The lowest BCUT2D eigenvalue weighted by molar-refractivity contribution is 0.181. The summed E-state index contributed by atoms with van der Waals surface area (Å²) in [7, 11) is 6.31. The predicted molar refractivity (Wildman–Crippen MR) is 108 cm³/mol. The van der Waals surface area contributed by atoms with E-state index in [0.717, 1.165) is 38.7 Å². The van der Waals surface area contributed by atoms with E-state index in [4.69, 9.17) is 0 Å². The van der Waals surface area contributed by atoms with Gasteiger partial charge >= 0.3 is 0 Å². The number of guanidine groups is 1. The molecular weight excluding hydrogens is 338 g/mol. The zero-order chi connectivity index (χ0) is 17.0. The Hall–Kier alpha value is -0.920. The lowest BCUT2D eigenvalue weighted by Gasteiger charge is -2.40. The minimum atomic E-state index is 0.263. The molecule has 0 amide bonds.